The molecular weight excluding hydrogens is 262 g/mol. The predicted octanol–water partition coefficient (Wildman–Crippen LogP) is 0.151. The molecule has 0 atom stereocenters. The summed E-state index contributed by atoms with van der Waals surface area (Å²) in [6.45, 7) is 2.07. The largest absolute Gasteiger partial charge is 0.355 e. The zero-order valence-corrected chi connectivity index (χ0v) is 11.5. The van der Waals surface area contributed by atoms with Crippen LogP contribution < -0.4 is 10.6 Å². The highest BCUT2D eigenvalue weighted by Gasteiger charge is 2.55. The van der Waals surface area contributed by atoms with Crippen LogP contribution in [0.4, 0.5) is 4.79 Å². The molecule has 2 rings (SSSR count). The fraction of sp³-hybridized carbons (Fsp3) is 0.692. The van der Waals surface area contributed by atoms with Gasteiger partial charge in [0.2, 0.25) is 17.7 Å². The molecule has 2 aliphatic rings. The molecule has 1 aliphatic heterocycles. The number of hydrogen-bond acceptors (Lipinski definition) is 4. The zero-order valence-electron chi connectivity index (χ0n) is 11.5. The highest BCUT2D eigenvalue weighted by atomic mass is 16.2. The summed E-state index contributed by atoms with van der Waals surface area (Å²) in [6, 6.07) is -0.802. The molecule has 1 saturated heterocycles. The lowest BCUT2D eigenvalue weighted by molar-refractivity contribution is -0.152. The van der Waals surface area contributed by atoms with Gasteiger partial charge in [-0.05, 0) is 19.3 Å². The van der Waals surface area contributed by atoms with Gasteiger partial charge in [-0.25, -0.2) is 4.79 Å². The van der Waals surface area contributed by atoms with Crippen LogP contribution in [0.25, 0.3) is 0 Å². The Kier molecular flexibility index (Phi) is 4.06. The van der Waals surface area contributed by atoms with Crippen LogP contribution in [-0.4, -0.2) is 41.7 Å². The highest BCUT2D eigenvalue weighted by molar-refractivity contribution is 6.20. The van der Waals surface area contributed by atoms with Gasteiger partial charge in [-0.15, -0.1) is 0 Å². The number of barbiturate groups is 1. The number of carbonyl (C=O) groups is 4. The summed E-state index contributed by atoms with van der Waals surface area (Å²) < 4.78 is 0. The Morgan fingerprint density at radius 1 is 1.30 bits per heavy atom. The molecule has 2 N–H and O–H groups in total. The fourth-order valence-corrected chi connectivity index (χ4v) is 2.76. The minimum Gasteiger partial charge on any atom is -0.355 e. The van der Waals surface area contributed by atoms with E-state index in [0.29, 0.717) is 19.4 Å². The average Bonchev–Trinajstić information content (AvgIpc) is 2.90. The summed E-state index contributed by atoms with van der Waals surface area (Å²) in [5, 5.41) is 4.81. The first-order valence-electron chi connectivity index (χ1n) is 6.95. The van der Waals surface area contributed by atoms with Gasteiger partial charge in [-0.2, -0.15) is 0 Å². The molecule has 20 heavy (non-hydrogen) atoms. The summed E-state index contributed by atoms with van der Waals surface area (Å²) in [7, 11) is 0. The van der Waals surface area contributed by atoms with E-state index in [1.165, 1.54) is 0 Å². The lowest BCUT2D eigenvalue weighted by atomic mass is 9.82. The number of rotatable bonds is 4. The molecule has 0 aromatic carbocycles. The fourth-order valence-electron chi connectivity index (χ4n) is 2.76. The van der Waals surface area contributed by atoms with Gasteiger partial charge in [-0.1, -0.05) is 19.8 Å². The van der Waals surface area contributed by atoms with Gasteiger partial charge in [0.25, 0.3) is 0 Å². The molecule has 0 radical (unpaired) electrons. The zero-order chi connectivity index (χ0) is 14.8. The van der Waals surface area contributed by atoms with Crippen molar-refractivity contribution in [2.75, 3.05) is 13.1 Å². The van der Waals surface area contributed by atoms with Crippen molar-refractivity contribution in [1.29, 1.82) is 0 Å². The maximum Gasteiger partial charge on any atom is 0.331 e. The normalized spacial score (nSPS) is 21.2. The van der Waals surface area contributed by atoms with E-state index in [2.05, 4.69) is 10.6 Å². The third-order valence-corrected chi connectivity index (χ3v) is 3.89. The second-order valence-corrected chi connectivity index (χ2v) is 5.29. The van der Waals surface area contributed by atoms with Crippen molar-refractivity contribution in [3.8, 4) is 0 Å². The number of hydrogen-bond donors (Lipinski definition) is 2. The third-order valence-electron chi connectivity index (χ3n) is 3.89. The van der Waals surface area contributed by atoms with Crippen LogP contribution in [0, 0.1) is 5.41 Å². The van der Waals surface area contributed by atoms with Crippen molar-refractivity contribution in [2.45, 2.75) is 39.0 Å². The number of urea groups is 1. The highest BCUT2D eigenvalue weighted by Crippen LogP contribution is 2.41. The van der Waals surface area contributed by atoms with Crippen molar-refractivity contribution in [3.05, 3.63) is 0 Å². The Labute approximate surface area is 117 Å². The quantitative estimate of drug-likeness (QED) is 0.717. The van der Waals surface area contributed by atoms with Gasteiger partial charge in [0, 0.05) is 6.54 Å². The smallest absolute Gasteiger partial charge is 0.331 e. The van der Waals surface area contributed by atoms with Crippen LogP contribution in [0.1, 0.15) is 39.0 Å². The number of amides is 5. The Balaban J connectivity index is 2.12. The minimum absolute atomic E-state index is 0.334. The van der Waals surface area contributed by atoms with Gasteiger partial charge in [0.05, 0.1) is 0 Å². The summed E-state index contributed by atoms with van der Waals surface area (Å²) >= 11 is 0. The van der Waals surface area contributed by atoms with Crippen LogP contribution in [0.5, 0.6) is 0 Å². The lowest BCUT2D eigenvalue weighted by Gasteiger charge is -2.36. The molecule has 1 heterocycles. The molecule has 0 aromatic rings. The molecule has 7 nitrogen and oxygen atoms in total. The molecule has 7 heteroatoms. The molecular formula is C13H19N3O4. The second-order valence-electron chi connectivity index (χ2n) is 5.29. The van der Waals surface area contributed by atoms with Crippen molar-refractivity contribution in [2.24, 2.45) is 5.41 Å². The molecule has 0 aromatic heterocycles. The number of carbonyl (C=O) groups excluding carboxylic acids is 4. The summed E-state index contributed by atoms with van der Waals surface area (Å²) in [4.78, 5) is 48.7. The van der Waals surface area contributed by atoms with Crippen LogP contribution in [-0.2, 0) is 14.4 Å². The third kappa shape index (κ3) is 2.39. The van der Waals surface area contributed by atoms with Gasteiger partial charge >= 0.3 is 6.03 Å². The van der Waals surface area contributed by atoms with Crippen LogP contribution in [0.3, 0.4) is 0 Å². The van der Waals surface area contributed by atoms with Crippen molar-refractivity contribution in [1.82, 2.24) is 15.5 Å². The van der Waals surface area contributed by atoms with Crippen LogP contribution >= 0.6 is 0 Å². The van der Waals surface area contributed by atoms with Gasteiger partial charge in [-0.3, -0.25) is 24.6 Å². The summed E-state index contributed by atoms with van der Waals surface area (Å²) in [6.07, 6.45) is 3.22. The molecule has 1 saturated carbocycles. The van der Waals surface area contributed by atoms with Gasteiger partial charge < -0.3 is 5.32 Å². The maximum atomic E-state index is 12.4. The van der Waals surface area contributed by atoms with Gasteiger partial charge in [0.1, 0.15) is 12.0 Å². The number of nitrogens with one attached hydrogen (secondary N) is 2. The van der Waals surface area contributed by atoms with Gasteiger partial charge in [0.15, 0.2) is 0 Å². The number of nitrogens with zero attached hydrogens (tertiary/aromatic N) is 1. The molecule has 1 spiro atoms. The van der Waals surface area contributed by atoms with E-state index in [0.717, 1.165) is 24.2 Å². The first-order valence-corrected chi connectivity index (χ1v) is 6.95. The number of imide groups is 2. The average molecular weight is 281 g/mol. The first kappa shape index (κ1) is 14.5. The van der Waals surface area contributed by atoms with Crippen LogP contribution in [0.15, 0.2) is 0 Å². The molecule has 1 aliphatic carbocycles. The van der Waals surface area contributed by atoms with E-state index in [9.17, 15) is 19.2 Å². The predicted molar refractivity (Wildman–Crippen MR) is 69.5 cm³/mol. The van der Waals surface area contributed by atoms with Crippen molar-refractivity contribution in [3.63, 3.8) is 0 Å². The van der Waals surface area contributed by atoms with Crippen molar-refractivity contribution < 1.29 is 19.2 Å². The minimum atomic E-state index is -1.14. The SMILES string of the molecule is CCCNC(=O)CN1C(=O)NC(=O)C2(CCCC2)C1=O. The van der Waals surface area contributed by atoms with E-state index in [4.69, 9.17) is 0 Å². The van der Waals surface area contributed by atoms with E-state index in [1.54, 1.807) is 0 Å². The Morgan fingerprint density at radius 2 is 1.95 bits per heavy atom. The van der Waals surface area contributed by atoms with E-state index in [1.807, 2.05) is 6.92 Å². The lowest BCUT2D eigenvalue weighted by Crippen LogP contribution is -2.64. The van der Waals surface area contributed by atoms with Crippen LogP contribution in [0.2, 0.25) is 0 Å². The van der Waals surface area contributed by atoms with Crippen molar-refractivity contribution >= 4 is 23.8 Å². The molecule has 2 fully saturated rings. The molecule has 0 bridgehead atoms. The molecule has 5 amide bonds. The Morgan fingerprint density at radius 3 is 2.55 bits per heavy atom. The monoisotopic (exact) mass is 281 g/mol. The topological polar surface area (TPSA) is 95.6 Å². The Hall–Kier alpha value is -1.92. The first-order chi connectivity index (χ1) is 9.51. The second kappa shape index (κ2) is 5.60. The van der Waals surface area contributed by atoms with E-state index in [-0.39, 0.29) is 6.54 Å². The molecule has 0 unspecified atom stereocenters. The molecule has 110 valence electrons. The standard InChI is InChI=1S/C13H19N3O4/c1-2-7-14-9(17)8-16-11(19)13(5-3-4-6-13)10(18)15-12(16)20/h2-8H2,1H3,(H,14,17)(H,15,18,20). The summed E-state index contributed by atoms with van der Waals surface area (Å²) in [5.41, 5.74) is -1.14. The Bertz CT molecular complexity index is 455. The maximum absolute atomic E-state index is 12.4. The summed E-state index contributed by atoms with van der Waals surface area (Å²) in [5.74, 6) is -1.44. The van der Waals surface area contributed by atoms with E-state index < -0.39 is 29.2 Å². The van der Waals surface area contributed by atoms with E-state index >= 15 is 0 Å².